The number of hydrogen-bond donors (Lipinski definition) is 0. The molecule has 3 nitrogen and oxygen atoms in total. The van der Waals surface area contributed by atoms with E-state index in [4.69, 9.17) is 0 Å². The van der Waals surface area contributed by atoms with Crippen LogP contribution < -0.4 is 0 Å². The molecule has 0 aliphatic heterocycles. The van der Waals surface area contributed by atoms with Gasteiger partial charge in [-0.3, -0.25) is 4.68 Å². The Labute approximate surface area is 143 Å². The number of aryl methyl sites for hydroxylation is 2. The van der Waals surface area contributed by atoms with Gasteiger partial charge in [-0.2, -0.15) is 17.2 Å². The third-order valence-electron chi connectivity index (χ3n) is 3.53. The molecule has 0 saturated heterocycles. The van der Waals surface area contributed by atoms with Crippen LogP contribution in [0.25, 0.3) is 16.8 Å². The van der Waals surface area contributed by atoms with E-state index in [2.05, 4.69) is 43.2 Å². The Balaban J connectivity index is 0.00000176. The minimum Gasteiger partial charge on any atom is -0.265 e. The van der Waals surface area contributed by atoms with Gasteiger partial charge >= 0.3 is 0 Å². The summed E-state index contributed by atoms with van der Waals surface area (Å²) < 4.78 is 1.78. The molecule has 0 spiro atoms. The second-order valence-electron chi connectivity index (χ2n) is 4.98. The summed E-state index contributed by atoms with van der Waals surface area (Å²) >= 11 is 0. The molecule has 4 heteroatoms. The van der Waals surface area contributed by atoms with Gasteiger partial charge in [-0.25, -0.2) is 5.26 Å². The van der Waals surface area contributed by atoms with Gasteiger partial charge in [-0.1, -0.05) is 40.5 Å². The first-order valence-corrected chi connectivity index (χ1v) is 6.73. The zero-order valence-corrected chi connectivity index (χ0v) is 14.7. The Morgan fingerprint density at radius 3 is 2.50 bits per heavy atom. The van der Waals surface area contributed by atoms with Crippen LogP contribution in [0.4, 0.5) is 0 Å². The molecule has 0 amide bonds. The van der Waals surface area contributed by atoms with Crippen LogP contribution in [0, 0.1) is 31.2 Å². The van der Waals surface area contributed by atoms with Crippen molar-refractivity contribution in [2.24, 2.45) is 0 Å². The first kappa shape index (κ1) is 16.2. The predicted octanol–water partition coefficient (Wildman–Crippen LogP) is 3.83. The van der Waals surface area contributed by atoms with Crippen LogP contribution in [0.15, 0.2) is 48.8 Å². The standard InChI is InChI=1S/C18H14N3.Ir/c1-13-5-3-6-14(2)18(13)16-11-15(12-19)7-8-17(16)21-10-4-9-20-21;/h3-7,9-11H,1-2H3;/q-1;. The van der Waals surface area contributed by atoms with Crippen molar-refractivity contribution in [1.82, 2.24) is 9.78 Å². The van der Waals surface area contributed by atoms with E-state index in [1.165, 1.54) is 11.1 Å². The maximum Gasteiger partial charge on any atom is 0.0493 e. The van der Waals surface area contributed by atoms with Crippen molar-refractivity contribution < 1.29 is 20.1 Å². The Kier molecular flexibility index (Phi) is 4.92. The Morgan fingerprint density at radius 2 is 1.91 bits per heavy atom. The zero-order valence-electron chi connectivity index (χ0n) is 12.3. The Bertz CT molecular complexity index is 810. The van der Waals surface area contributed by atoms with Crippen molar-refractivity contribution in [2.45, 2.75) is 13.8 Å². The summed E-state index contributed by atoms with van der Waals surface area (Å²) in [5.41, 5.74) is 5.92. The molecular weight excluding hydrogens is 450 g/mol. The molecule has 0 aliphatic carbocycles. The van der Waals surface area contributed by atoms with Crippen molar-refractivity contribution in [3.63, 3.8) is 0 Å². The third kappa shape index (κ3) is 2.87. The number of aromatic nitrogens is 2. The smallest absolute Gasteiger partial charge is 0.0493 e. The molecule has 3 rings (SSSR count). The average Bonchev–Trinajstić information content (AvgIpc) is 3.01. The first-order valence-electron chi connectivity index (χ1n) is 6.73. The van der Waals surface area contributed by atoms with E-state index in [0.717, 1.165) is 16.8 Å². The molecule has 1 heterocycles. The van der Waals surface area contributed by atoms with Crippen molar-refractivity contribution >= 4 is 0 Å². The predicted molar refractivity (Wildman–Crippen MR) is 82.0 cm³/mol. The van der Waals surface area contributed by atoms with E-state index >= 15 is 0 Å². The van der Waals surface area contributed by atoms with E-state index in [0.29, 0.717) is 5.56 Å². The number of nitrogens with zero attached hydrogens (tertiary/aromatic N) is 3. The molecule has 0 N–H and O–H groups in total. The Hall–Kier alpha value is -2.21. The summed E-state index contributed by atoms with van der Waals surface area (Å²) in [7, 11) is 0. The van der Waals surface area contributed by atoms with Crippen molar-refractivity contribution in [2.75, 3.05) is 0 Å². The summed E-state index contributed by atoms with van der Waals surface area (Å²) in [6.07, 6.45) is 3.62. The van der Waals surface area contributed by atoms with Crippen LogP contribution in [-0.2, 0) is 20.1 Å². The van der Waals surface area contributed by atoms with Crippen LogP contribution in [0.2, 0.25) is 0 Å². The third-order valence-corrected chi connectivity index (χ3v) is 3.53. The molecule has 0 saturated carbocycles. The summed E-state index contributed by atoms with van der Waals surface area (Å²) in [6.45, 7) is 4.16. The van der Waals surface area contributed by atoms with Gasteiger partial charge in [-0.05, 0) is 25.6 Å². The topological polar surface area (TPSA) is 41.6 Å². The van der Waals surface area contributed by atoms with Crippen molar-refractivity contribution in [3.05, 3.63) is 71.5 Å². The summed E-state index contributed by atoms with van der Waals surface area (Å²) in [6, 6.07) is 17.1. The summed E-state index contributed by atoms with van der Waals surface area (Å²) in [5, 5.41) is 13.5. The molecule has 3 aromatic rings. The largest absolute Gasteiger partial charge is 0.265 e. The average molecular weight is 465 g/mol. The fourth-order valence-corrected chi connectivity index (χ4v) is 2.57. The van der Waals surface area contributed by atoms with Gasteiger partial charge in [0.2, 0.25) is 0 Å². The molecule has 0 unspecified atom stereocenters. The fourth-order valence-electron chi connectivity index (χ4n) is 2.57. The number of benzene rings is 2. The summed E-state index contributed by atoms with van der Waals surface area (Å²) in [4.78, 5) is 0. The molecule has 0 aliphatic rings. The molecular formula is C18H14IrN3-. The van der Waals surface area contributed by atoms with Gasteiger partial charge in [0.25, 0.3) is 0 Å². The van der Waals surface area contributed by atoms with Gasteiger partial charge in [-0.15, -0.1) is 11.6 Å². The van der Waals surface area contributed by atoms with E-state index in [1.54, 1.807) is 16.9 Å². The minimum absolute atomic E-state index is 0. The van der Waals surface area contributed by atoms with Crippen LogP contribution in [0.3, 0.4) is 0 Å². The fraction of sp³-hybridized carbons (Fsp3) is 0.111. The quantitative estimate of drug-likeness (QED) is 0.541. The van der Waals surface area contributed by atoms with Gasteiger partial charge in [0.1, 0.15) is 0 Å². The molecule has 1 aromatic heterocycles. The Morgan fingerprint density at radius 1 is 1.18 bits per heavy atom. The van der Waals surface area contributed by atoms with Gasteiger partial charge in [0.05, 0.1) is 0 Å². The van der Waals surface area contributed by atoms with E-state index in [9.17, 15) is 5.26 Å². The second-order valence-corrected chi connectivity index (χ2v) is 4.98. The molecule has 0 fully saturated rings. The monoisotopic (exact) mass is 465 g/mol. The van der Waals surface area contributed by atoms with Crippen LogP contribution in [0.5, 0.6) is 0 Å². The van der Waals surface area contributed by atoms with Crippen LogP contribution in [0.1, 0.15) is 16.7 Å². The number of rotatable bonds is 2. The van der Waals surface area contributed by atoms with Gasteiger partial charge in [0, 0.05) is 38.6 Å². The van der Waals surface area contributed by atoms with Crippen LogP contribution in [-0.4, -0.2) is 9.78 Å². The van der Waals surface area contributed by atoms with Crippen molar-refractivity contribution in [1.29, 1.82) is 5.26 Å². The van der Waals surface area contributed by atoms with E-state index < -0.39 is 0 Å². The molecule has 0 bridgehead atoms. The van der Waals surface area contributed by atoms with Crippen molar-refractivity contribution in [3.8, 4) is 22.9 Å². The molecule has 111 valence electrons. The maximum absolute atomic E-state index is 9.18. The van der Waals surface area contributed by atoms with Crippen LogP contribution >= 0.6 is 0 Å². The molecule has 0 atom stereocenters. The van der Waals surface area contributed by atoms with E-state index in [-0.39, 0.29) is 20.1 Å². The maximum atomic E-state index is 9.18. The number of nitriles is 1. The molecule has 22 heavy (non-hydrogen) atoms. The van der Waals surface area contributed by atoms with E-state index in [1.807, 2.05) is 24.4 Å². The number of hydrogen-bond acceptors (Lipinski definition) is 2. The second kappa shape index (κ2) is 6.70. The molecule has 1 radical (unpaired) electrons. The zero-order chi connectivity index (χ0) is 14.8. The van der Waals surface area contributed by atoms with Gasteiger partial charge in [0.15, 0.2) is 0 Å². The normalized spacial score (nSPS) is 9.86. The van der Waals surface area contributed by atoms with Gasteiger partial charge < -0.3 is 0 Å². The summed E-state index contributed by atoms with van der Waals surface area (Å²) in [5.74, 6) is 0. The minimum atomic E-state index is 0. The SMILES string of the molecule is Cc1cccc(C)c1-c1cc(C#N)c[c-]c1-n1cccn1.[Ir]. The first-order chi connectivity index (χ1) is 10.2. The molecule has 2 aromatic carbocycles.